The van der Waals surface area contributed by atoms with Gasteiger partial charge in [0.25, 0.3) is 5.91 Å². The van der Waals surface area contributed by atoms with Gasteiger partial charge in [-0.2, -0.15) is 0 Å². The van der Waals surface area contributed by atoms with E-state index in [1.54, 1.807) is 0 Å². The highest BCUT2D eigenvalue weighted by atomic mass is 79.9. The number of ether oxygens (including phenoxy) is 2. The zero-order valence-corrected chi connectivity index (χ0v) is 13.2. The standard InChI is InChI=1S/C13H16BrNO3S/c1-9-7-10(19-11(9)14)12(16)15-4-2-3-13(8-15)17-5-6-18-13/h7H,2-6,8H2,1H3. The highest BCUT2D eigenvalue weighted by Crippen LogP contribution is 2.33. The average molecular weight is 346 g/mol. The van der Waals surface area contributed by atoms with Gasteiger partial charge in [0.1, 0.15) is 0 Å². The number of carbonyl (C=O) groups is 1. The molecule has 0 aromatic carbocycles. The van der Waals surface area contributed by atoms with Crippen LogP contribution in [-0.2, 0) is 9.47 Å². The van der Waals surface area contributed by atoms with Gasteiger partial charge in [-0.15, -0.1) is 11.3 Å². The van der Waals surface area contributed by atoms with Gasteiger partial charge in [-0.25, -0.2) is 0 Å². The number of hydrogen-bond donors (Lipinski definition) is 0. The number of hydrogen-bond acceptors (Lipinski definition) is 4. The minimum atomic E-state index is -0.544. The Kier molecular flexibility index (Phi) is 3.68. The van der Waals surface area contributed by atoms with Crippen LogP contribution in [0.3, 0.4) is 0 Å². The normalized spacial score (nSPS) is 22.1. The molecule has 1 spiro atoms. The molecule has 1 amide bonds. The number of halogens is 1. The summed E-state index contributed by atoms with van der Waals surface area (Å²) >= 11 is 4.96. The van der Waals surface area contributed by atoms with Crippen LogP contribution in [-0.4, -0.2) is 42.9 Å². The first-order valence-electron chi connectivity index (χ1n) is 6.43. The molecular weight excluding hydrogens is 330 g/mol. The van der Waals surface area contributed by atoms with E-state index in [4.69, 9.17) is 9.47 Å². The van der Waals surface area contributed by atoms with Crippen LogP contribution in [0.5, 0.6) is 0 Å². The molecule has 0 atom stereocenters. The van der Waals surface area contributed by atoms with Gasteiger partial charge in [-0.3, -0.25) is 4.79 Å². The number of rotatable bonds is 1. The molecule has 6 heteroatoms. The lowest BCUT2D eigenvalue weighted by Gasteiger charge is -2.38. The Bertz CT molecular complexity index is 477. The van der Waals surface area contributed by atoms with Crippen molar-refractivity contribution >= 4 is 33.2 Å². The first kappa shape index (κ1) is 13.5. The second kappa shape index (κ2) is 5.16. The predicted octanol–water partition coefficient (Wildman–Crippen LogP) is 2.80. The average Bonchev–Trinajstić information content (AvgIpc) is 2.97. The summed E-state index contributed by atoms with van der Waals surface area (Å²) in [5.41, 5.74) is 1.11. The molecular formula is C13H16BrNO3S. The fourth-order valence-corrected chi connectivity index (χ4v) is 4.12. The summed E-state index contributed by atoms with van der Waals surface area (Å²) in [7, 11) is 0. The molecule has 0 N–H and O–H groups in total. The van der Waals surface area contributed by atoms with Crippen molar-refractivity contribution in [2.24, 2.45) is 0 Å². The van der Waals surface area contributed by atoms with Crippen molar-refractivity contribution in [3.8, 4) is 0 Å². The molecule has 0 aliphatic carbocycles. The minimum absolute atomic E-state index is 0.0805. The SMILES string of the molecule is Cc1cc(C(=O)N2CCCC3(C2)OCCO3)sc1Br. The maximum Gasteiger partial charge on any atom is 0.264 e. The number of carbonyl (C=O) groups excluding carboxylic acids is 1. The van der Waals surface area contributed by atoms with Gasteiger partial charge in [-0.1, -0.05) is 0 Å². The first-order valence-corrected chi connectivity index (χ1v) is 8.04. The highest BCUT2D eigenvalue weighted by Gasteiger charge is 2.42. The zero-order chi connectivity index (χ0) is 13.5. The summed E-state index contributed by atoms with van der Waals surface area (Å²) in [6.07, 6.45) is 1.81. The number of piperidine rings is 1. The monoisotopic (exact) mass is 345 g/mol. The summed E-state index contributed by atoms with van der Waals surface area (Å²) in [6.45, 7) is 4.58. The van der Waals surface area contributed by atoms with Crippen LogP contribution in [0, 0.1) is 6.92 Å². The van der Waals surface area contributed by atoms with Crippen molar-refractivity contribution in [1.82, 2.24) is 4.90 Å². The molecule has 2 saturated heterocycles. The van der Waals surface area contributed by atoms with Gasteiger partial charge in [0.15, 0.2) is 5.79 Å². The summed E-state index contributed by atoms with van der Waals surface area (Å²) < 4.78 is 12.4. The van der Waals surface area contributed by atoms with Crippen LogP contribution < -0.4 is 0 Å². The summed E-state index contributed by atoms with van der Waals surface area (Å²) in [5.74, 6) is -0.464. The number of likely N-dealkylation sites (tertiary alicyclic amines) is 1. The lowest BCUT2D eigenvalue weighted by atomic mass is 10.0. The lowest BCUT2D eigenvalue weighted by molar-refractivity contribution is -0.183. The molecule has 2 fully saturated rings. The van der Waals surface area contributed by atoms with E-state index in [2.05, 4.69) is 15.9 Å². The van der Waals surface area contributed by atoms with E-state index in [0.717, 1.165) is 33.6 Å². The van der Waals surface area contributed by atoms with Gasteiger partial charge in [0.05, 0.1) is 28.4 Å². The van der Waals surface area contributed by atoms with Crippen molar-refractivity contribution < 1.29 is 14.3 Å². The van der Waals surface area contributed by atoms with E-state index in [0.29, 0.717) is 19.8 Å². The molecule has 0 unspecified atom stereocenters. The van der Waals surface area contributed by atoms with Crippen LogP contribution in [0.4, 0.5) is 0 Å². The predicted molar refractivity (Wildman–Crippen MR) is 76.5 cm³/mol. The van der Waals surface area contributed by atoms with E-state index < -0.39 is 5.79 Å². The molecule has 0 saturated carbocycles. The second-order valence-electron chi connectivity index (χ2n) is 5.01. The van der Waals surface area contributed by atoms with E-state index in [1.807, 2.05) is 17.9 Å². The molecule has 104 valence electrons. The van der Waals surface area contributed by atoms with Crippen molar-refractivity contribution in [2.75, 3.05) is 26.3 Å². The molecule has 0 radical (unpaired) electrons. The van der Waals surface area contributed by atoms with Crippen molar-refractivity contribution in [3.63, 3.8) is 0 Å². The van der Waals surface area contributed by atoms with Gasteiger partial charge < -0.3 is 14.4 Å². The van der Waals surface area contributed by atoms with E-state index in [-0.39, 0.29) is 5.91 Å². The van der Waals surface area contributed by atoms with Gasteiger partial charge in [0, 0.05) is 13.0 Å². The summed E-state index contributed by atoms with van der Waals surface area (Å²) in [6, 6.07) is 1.94. The van der Waals surface area contributed by atoms with Crippen LogP contribution >= 0.6 is 27.3 Å². The third-order valence-corrected chi connectivity index (χ3v) is 5.71. The summed E-state index contributed by atoms with van der Waals surface area (Å²) in [5, 5.41) is 0. The Morgan fingerprint density at radius 1 is 1.47 bits per heavy atom. The maximum atomic E-state index is 12.5. The van der Waals surface area contributed by atoms with Crippen LogP contribution in [0.1, 0.15) is 28.1 Å². The number of nitrogens with zero attached hydrogens (tertiary/aromatic N) is 1. The Morgan fingerprint density at radius 2 is 2.21 bits per heavy atom. The minimum Gasteiger partial charge on any atom is -0.346 e. The number of thiophene rings is 1. The Labute approximate surface area is 124 Å². The number of amides is 1. The number of aryl methyl sites for hydroxylation is 1. The van der Waals surface area contributed by atoms with E-state index in [1.165, 1.54) is 11.3 Å². The molecule has 3 rings (SSSR count). The second-order valence-corrected chi connectivity index (χ2v) is 7.38. The Hall–Kier alpha value is -0.430. The van der Waals surface area contributed by atoms with Crippen molar-refractivity contribution in [1.29, 1.82) is 0 Å². The topological polar surface area (TPSA) is 38.8 Å². The zero-order valence-electron chi connectivity index (χ0n) is 10.8. The molecule has 4 nitrogen and oxygen atoms in total. The quantitative estimate of drug-likeness (QED) is 0.785. The third-order valence-electron chi connectivity index (χ3n) is 3.59. The molecule has 19 heavy (non-hydrogen) atoms. The lowest BCUT2D eigenvalue weighted by Crippen LogP contribution is -2.50. The largest absolute Gasteiger partial charge is 0.346 e. The Balaban J connectivity index is 1.76. The van der Waals surface area contributed by atoms with Crippen molar-refractivity contribution in [3.05, 3.63) is 20.3 Å². The highest BCUT2D eigenvalue weighted by molar-refractivity contribution is 9.11. The van der Waals surface area contributed by atoms with Crippen LogP contribution in [0.2, 0.25) is 0 Å². The molecule has 2 aliphatic heterocycles. The molecule has 0 bridgehead atoms. The fourth-order valence-electron chi connectivity index (χ4n) is 2.62. The van der Waals surface area contributed by atoms with Gasteiger partial charge >= 0.3 is 0 Å². The van der Waals surface area contributed by atoms with Crippen LogP contribution in [0.25, 0.3) is 0 Å². The van der Waals surface area contributed by atoms with Crippen LogP contribution in [0.15, 0.2) is 9.85 Å². The molecule has 1 aromatic heterocycles. The van der Waals surface area contributed by atoms with Crippen molar-refractivity contribution in [2.45, 2.75) is 25.6 Å². The Morgan fingerprint density at radius 3 is 2.84 bits per heavy atom. The molecule has 2 aliphatic rings. The third kappa shape index (κ3) is 2.59. The first-order chi connectivity index (χ1) is 9.10. The summed E-state index contributed by atoms with van der Waals surface area (Å²) in [4.78, 5) is 15.1. The smallest absolute Gasteiger partial charge is 0.264 e. The maximum absolute atomic E-state index is 12.5. The molecule has 1 aromatic rings. The van der Waals surface area contributed by atoms with E-state index >= 15 is 0 Å². The van der Waals surface area contributed by atoms with E-state index in [9.17, 15) is 4.79 Å². The molecule has 3 heterocycles. The fraction of sp³-hybridized carbons (Fsp3) is 0.615. The van der Waals surface area contributed by atoms with Gasteiger partial charge in [0.2, 0.25) is 0 Å². The van der Waals surface area contributed by atoms with Gasteiger partial charge in [-0.05, 0) is 40.9 Å².